The third-order valence-electron chi connectivity index (χ3n) is 12.0. The highest BCUT2D eigenvalue weighted by Crippen LogP contribution is 2.25. The molecular formula is C46H70N8O11. The first kappa shape index (κ1) is 53.3. The van der Waals surface area contributed by atoms with E-state index in [0.717, 1.165) is 0 Å². The van der Waals surface area contributed by atoms with Gasteiger partial charge in [-0.1, -0.05) is 86.4 Å². The Balaban J connectivity index is 2.25. The third-order valence-corrected chi connectivity index (χ3v) is 12.0. The molecule has 2 bridgehead atoms. The van der Waals surface area contributed by atoms with Crippen LogP contribution in [0.5, 0.6) is 5.75 Å². The average molecular weight is 911 g/mol. The molecule has 0 spiro atoms. The van der Waals surface area contributed by atoms with E-state index in [2.05, 4.69) is 26.6 Å². The van der Waals surface area contributed by atoms with E-state index >= 15 is 0 Å². The number of nitrogens with two attached hydrogens (primary N) is 1. The second-order valence-corrected chi connectivity index (χ2v) is 18.0. The molecule has 8 N–H and O–H groups in total. The van der Waals surface area contributed by atoms with Crippen LogP contribution < -0.4 is 32.3 Å². The number of nitrogens with one attached hydrogen (secondary N) is 5. The summed E-state index contributed by atoms with van der Waals surface area (Å²) in [6.45, 7) is 15.3. The number of hydrogen-bond acceptors (Lipinski definition) is 11. The molecule has 2 heterocycles. The molecule has 0 saturated carbocycles. The average Bonchev–Trinajstić information content (AvgIpc) is 3.25. The number of phenols is 1. The van der Waals surface area contributed by atoms with Crippen LogP contribution in [0.15, 0.2) is 36.5 Å². The fourth-order valence-electron chi connectivity index (χ4n) is 7.52. The molecule has 8 amide bonds. The van der Waals surface area contributed by atoms with E-state index in [-0.39, 0.29) is 43.8 Å². The molecule has 0 unspecified atom stereocenters. The quantitative estimate of drug-likeness (QED) is 0.123. The summed E-state index contributed by atoms with van der Waals surface area (Å²) in [5, 5.41) is 23.3. The van der Waals surface area contributed by atoms with E-state index in [0.29, 0.717) is 18.4 Å². The molecule has 2 aliphatic heterocycles. The number of aromatic hydroxyl groups is 1. The fourth-order valence-corrected chi connectivity index (χ4v) is 7.52. The van der Waals surface area contributed by atoms with Gasteiger partial charge in [0.2, 0.25) is 47.3 Å². The van der Waals surface area contributed by atoms with E-state index in [1.54, 1.807) is 52.8 Å². The summed E-state index contributed by atoms with van der Waals surface area (Å²) < 4.78 is 5.91. The van der Waals surface area contributed by atoms with Gasteiger partial charge in [-0.2, -0.15) is 0 Å². The molecule has 1 fully saturated rings. The third kappa shape index (κ3) is 14.8. The second kappa shape index (κ2) is 24.3. The zero-order valence-corrected chi connectivity index (χ0v) is 39.3. The predicted octanol–water partition coefficient (Wildman–Crippen LogP) is 1.31. The Hall–Kier alpha value is -6.01. The summed E-state index contributed by atoms with van der Waals surface area (Å²) in [5.41, 5.74) is 5.94. The Bertz CT molecular complexity index is 1920. The molecule has 2 aliphatic rings. The fraction of sp³-hybridized carbons (Fsp3) is 0.630. The summed E-state index contributed by atoms with van der Waals surface area (Å²) >= 11 is 0. The Morgan fingerprint density at radius 3 is 2.06 bits per heavy atom. The van der Waals surface area contributed by atoms with E-state index in [1.165, 1.54) is 42.1 Å². The lowest BCUT2D eigenvalue weighted by atomic mass is 9.93. The molecule has 0 aromatic heterocycles. The van der Waals surface area contributed by atoms with Crippen LogP contribution in [0.1, 0.15) is 106 Å². The first-order chi connectivity index (χ1) is 30.5. The van der Waals surface area contributed by atoms with Crippen molar-refractivity contribution < 1.29 is 53.0 Å². The molecule has 3 rings (SSSR count). The molecule has 360 valence electrons. The Morgan fingerprint density at radius 2 is 1.49 bits per heavy atom. The van der Waals surface area contributed by atoms with Gasteiger partial charge >= 0.3 is 5.97 Å². The van der Waals surface area contributed by atoms with Crippen molar-refractivity contribution in [2.75, 3.05) is 7.05 Å². The standard InChI is InChI=1S/C46H70N8O11/c1-11-26(7)36-46(64)65-28(9)37(52-40(58)31(19-20-35(47)56)48-39(57)25(5)6)43(61)50-33(22-24(3)4)41(59)49-32-14-13-21-54(44(32)62)38(27(8)12-2)45(63)53(10)34(42(60)51-36)23-29-15-17-30(55)18-16-29/h13,15-18,21,24-28,31-34,36-38,55H,11-12,14,19-20,22-23H2,1-10H3,(H2,47,56)(H,48,57)(H,49,59)(H,50,61)(H,51,60)(H,52,58)/t26-,27-,28+,31-,32-,33-,34-,36-,37-,38-/m0/s1. The largest absolute Gasteiger partial charge is 0.508 e. The van der Waals surface area contributed by atoms with Gasteiger partial charge in [0.25, 0.3) is 0 Å². The summed E-state index contributed by atoms with van der Waals surface area (Å²) in [6.07, 6.45) is 1.98. The molecule has 1 aromatic carbocycles. The monoisotopic (exact) mass is 911 g/mol. The van der Waals surface area contributed by atoms with E-state index in [9.17, 15) is 48.3 Å². The van der Waals surface area contributed by atoms with Crippen LogP contribution in [-0.2, 0) is 54.3 Å². The zero-order valence-electron chi connectivity index (χ0n) is 39.3. The number of hydrogen-bond donors (Lipinski definition) is 7. The summed E-state index contributed by atoms with van der Waals surface area (Å²) in [6, 6.07) is -3.23. The van der Waals surface area contributed by atoms with Crippen molar-refractivity contribution >= 4 is 53.2 Å². The van der Waals surface area contributed by atoms with Crippen LogP contribution in [0.2, 0.25) is 0 Å². The maximum absolute atomic E-state index is 14.8. The number of amides is 8. The lowest BCUT2D eigenvalue weighted by Crippen LogP contribution is -2.62. The highest BCUT2D eigenvalue weighted by molar-refractivity contribution is 5.99. The number of carbonyl (C=O) groups is 9. The number of benzene rings is 1. The molecule has 10 atom stereocenters. The van der Waals surface area contributed by atoms with Gasteiger partial charge in [-0.05, 0) is 61.6 Å². The van der Waals surface area contributed by atoms with Crippen LogP contribution >= 0.6 is 0 Å². The lowest BCUT2D eigenvalue weighted by Gasteiger charge is -2.40. The van der Waals surface area contributed by atoms with Gasteiger partial charge in [0.05, 0.1) is 0 Å². The minimum absolute atomic E-state index is 0.0223. The molecule has 0 radical (unpaired) electrons. The summed E-state index contributed by atoms with van der Waals surface area (Å²) in [7, 11) is 1.43. The Labute approximate surface area is 381 Å². The van der Waals surface area contributed by atoms with Gasteiger partial charge in [-0.15, -0.1) is 0 Å². The maximum Gasteiger partial charge on any atom is 0.329 e. The van der Waals surface area contributed by atoms with Gasteiger partial charge in [-0.25, -0.2) is 4.79 Å². The van der Waals surface area contributed by atoms with Crippen molar-refractivity contribution in [3.63, 3.8) is 0 Å². The van der Waals surface area contributed by atoms with Gasteiger partial charge < -0.3 is 52.0 Å². The highest BCUT2D eigenvalue weighted by atomic mass is 16.5. The van der Waals surface area contributed by atoms with Gasteiger partial charge in [-0.3, -0.25) is 38.4 Å². The van der Waals surface area contributed by atoms with Gasteiger partial charge in [0, 0.05) is 32.0 Å². The summed E-state index contributed by atoms with van der Waals surface area (Å²) in [4.78, 5) is 128. The SMILES string of the molecule is CC[C@H](C)[C@@H]1NC(=O)[C@H](Cc2ccc(O)cc2)N(C)C(=O)[C@H]([C@@H](C)CC)N2C=CC[C@H](NC(=O)[C@H](CC(C)C)NC(=O)[C@@H](NC(=O)[C@H](CCC(N)=O)NC(=O)C(C)C)[C@@H](C)OC1=O)C2=O. The number of phenolic OH excluding ortho intramolecular Hbond substituents is 1. The van der Waals surface area contributed by atoms with Crippen LogP contribution in [0.3, 0.4) is 0 Å². The zero-order chi connectivity index (χ0) is 48.9. The number of esters is 1. The number of primary amides is 1. The maximum atomic E-state index is 14.8. The number of cyclic esters (lactones) is 1. The van der Waals surface area contributed by atoms with Crippen LogP contribution in [-0.4, -0.2) is 124 Å². The van der Waals surface area contributed by atoms with Gasteiger partial charge in [0.1, 0.15) is 54.1 Å². The molecular weight excluding hydrogens is 841 g/mol. The van der Waals surface area contributed by atoms with Crippen LogP contribution in [0, 0.1) is 23.7 Å². The number of fused-ring (bicyclic) bond motifs is 2. The topological polar surface area (TPSA) is 276 Å². The molecule has 1 saturated heterocycles. The molecule has 19 heteroatoms. The van der Waals surface area contributed by atoms with Crippen molar-refractivity contribution in [3.05, 3.63) is 42.1 Å². The van der Waals surface area contributed by atoms with Crippen molar-refractivity contribution in [2.45, 2.75) is 156 Å². The first-order valence-electron chi connectivity index (χ1n) is 22.5. The predicted molar refractivity (Wildman–Crippen MR) is 240 cm³/mol. The summed E-state index contributed by atoms with van der Waals surface area (Å²) in [5.74, 6) is -8.59. The van der Waals surface area contributed by atoms with Crippen molar-refractivity contribution in [2.24, 2.45) is 29.4 Å². The minimum atomic E-state index is -1.71. The second-order valence-electron chi connectivity index (χ2n) is 18.0. The Kier molecular flexibility index (Phi) is 20.0. The van der Waals surface area contributed by atoms with Crippen molar-refractivity contribution in [1.82, 2.24) is 36.4 Å². The molecule has 1 aromatic rings. The number of carbonyl (C=O) groups excluding carboxylic acids is 9. The normalized spacial score (nSPS) is 25.3. The number of likely N-dealkylation sites (N-methyl/N-ethyl adjacent to an activating group) is 1. The van der Waals surface area contributed by atoms with Crippen LogP contribution in [0.4, 0.5) is 0 Å². The lowest BCUT2D eigenvalue weighted by molar-refractivity contribution is -0.158. The van der Waals surface area contributed by atoms with Crippen molar-refractivity contribution in [1.29, 1.82) is 0 Å². The Morgan fingerprint density at radius 1 is 0.862 bits per heavy atom. The molecule has 0 aliphatic carbocycles. The smallest absolute Gasteiger partial charge is 0.329 e. The van der Waals surface area contributed by atoms with E-state index in [1.807, 2.05) is 20.8 Å². The van der Waals surface area contributed by atoms with Crippen molar-refractivity contribution in [3.8, 4) is 5.75 Å². The molecule has 19 nitrogen and oxygen atoms in total. The molecule has 65 heavy (non-hydrogen) atoms. The highest BCUT2D eigenvalue weighted by Gasteiger charge is 2.44. The minimum Gasteiger partial charge on any atom is -0.508 e. The van der Waals surface area contributed by atoms with Crippen LogP contribution in [0.25, 0.3) is 0 Å². The van der Waals surface area contributed by atoms with E-state index in [4.69, 9.17) is 10.5 Å². The number of ether oxygens (including phenoxy) is 1. The first-order valence-corrected chi connectivity index (χ1v) is 22.5. The van der Waals surface area contributed by atoms with Gasteiger partial charge in [0.15, 0.2) is 0 Å². The number of nitrogens with zero attached hydrogens (tertiary/aromatic N) is 2. The number of rotatable bonds is 15. The van der Waals surface area contributed by atoms with E-state index < -0.39 is 119 Å².